The van der Waals surface area contributed by atoms with E-state index in [0.717, 1.165) is 36.6 Å². The molecule has 1 aliphatic heterocycles. The number of aromatic nitrogens is 1. The predicted octanol–water partition coefficient (Wildman–Crippen LogP) is 0.933. The van der Waals surface area contributed by atoms with Crippen molar-refractivity contribution >= 4 is 11.5 Å². The Hall–Kier alpha value is -1.29. The summed E-state index contributed by atoms with van der Waals surface area (Å²) in [5, 5.41) is 9.23. The van der Waals surface area contributed by atoms with Gasteiger partial charge in [-0.15, -0.1) is 0 Å². The molecule has 0 aromatic carbocycles. The molecule has 3 N–H and O–H groups in total. The van der Waals surface area contributed by atoms with Gasteiger partial charge in [0.2, 0.25) is 0 Å². The minimum atomic E-state index is 0.200. The highest BCUT2D eigenvalue weighted by molar-refractivity contribution is 5.51. The van der Waals surface area contributed by atoms with Crippen LogP contribution in [0.3, 0.4) is 0 Å². The molecule has 1 aromatic heterocycles. The number of hydrogen-bond acceptors (Lipinski definition) is 4. The minimum Gasteiger partial charge on any atom is -0.397 e. The van der Waals surface area contributed by atoms with Gasteiger partial charge >= 0.3 is 0 Å². The Morgan fingerprint density at radius 3 is 3.07 bits per heavy atom. The summed E-state index contributed by atoms with van der Waals surface area (Å²) in [6.45, 7) is 3.08. The average Bonchev–Trinajstić information content (AvgIpc) is 2.70. The lowest BCUT2D eigenvalue weighted by Crippen LogP contribution is -2.32. The fraction of sp³-hybridized carbons (Fsp3) is 0.545. The molecule has 2 rings (SSSR count). The van der Waals surface area contributed by atoms with Crippen LogP contribution in [0.5, 0.6) is 0 Å². The highest BCUT2D eigenvalue weighted by Gasteiger charge is 2.24. The molecule has 0 radical (unpaired) electrons. The number of nitrogen functional groups attached to an aromatic ring is 1. The second-order valence-corrected chi connectivity index (χ2v) is 4.02. The Bertz CT molecular complexity index is 354. The number of aryl methyl sites for hydroxylation is 1. The Labute approximate surface area is 89.7 Å². The van der Waals surface area contributed by atoms with E-state index in [2.05, 4.69) is 9.88 Å². The largest absolute Gasteiger partial charge is 0.397 e. The van der Waals surface area contributed by atoms with Gasteiger partial charge in [0.25, 0.3) is 0 Å². The average molecular weight is 207 g/mol. The summed E-state index contributed by atoms with van der Waals surface area (Å²) in [5.74, 6) is 0.929. The monoisotopic (exact) mass is 207 g/mol. The number of pyridine rings is 1. The molecule has 2 heterocycles. The molecule has 0 bridgehead atoms. The number of hydrogen-bond donors (Lipinski definition) is 2. The second-order valence-electron chi connectivity index (χ2n) is 4.02. The molecular formula is C11H17N3O. The lowest BCUT2D eigenvalue weighted by Gasteiger charge is -2.24. The van der Waals surface area contributed by atoms with E-state index in [-0.39, 0.29) is 12.6 Å². The van der Waals surface area contributed by atoms with Crippen molar-refractivity contribution in [1.82, 2.24) is 4.98 Å². The first kappa shape index (κ1) is 10.2. The van der Waals surface area contributed by atoms with Gasteiger partial charge in [-0.1, -0.05) is 0 Å². The normalized spacial score (nSPS) is 20.9. The van der Waals surface area contributed by atoms with E-state index < -0.39 is 0 Å². The van der Waals surface area contributed by atoms with Crippen LogP contribution < -0.4 is 10.6 Å². The van der Waals surface area contributed by atoms with Gasteiger partial charge in [-0.25, -0.2) is 4.98 Å². The van der Waals surface area contributed by atoms with Crippen molar-refractivity contribution in [2.24, 2.45) is 0 Å². The van der Waals surface area contributed by atoms with E-state index in [1.54, 1.807) is 0 Å². The number of anilines is 2. The van der Waals surface area contributed by atoms with Crippen LogP contribution in [0.15, 0.2) is 12.1 Å². The van der Waals surface area contributed by atoms with E-state index in [1.165, 1.54) is 0 Å². The van der Waals surface area contributed by atoms with Gasteiger partial charge in [-0.2, -0.15) is 0 Å². The van der Waals surface area contributed by atoms with E-state index in [0.29, 0.717) is 0 Å². The fourth-order valence-corrected chi connectivity index (χ4v) is 2.05. The molecule has 1 aliphatic rings. The highest BCUT2D eigenvalue weighted by atomic mass is 16.3. The summed E-state index contributed by atoms with van der Waals surface area (Å²) in [7, 11) is 0. The van der Waals surface area contributed by atoms with Gasteiger partial charge < -0.3 is 15.7 Å². The van der Waals surface area contributed by atoms with Gasteiger partial charge in [0.15, 0.2) is 0 Å². The molecule has 0 amide bonds. The van der Waals surface area contributed by atoms with E-state index in [9.17, 15) is 5.11 Å². The quantitative estimate of drug-likeness (QED) is 0.757. The summed E-state index contributed by atoms with van der Waals surface area (Å²) in [6, 6.07) is 4.03. The first-order valence-corrected chi connectivity index (χ1v) is 5.33. The van der Waals surface area contributed by atoms with Gasteiger partial charge in [0.1, 0.15) is 5.82 Å². The zero-order chi connectivity index (χ0) is 10.8. The summed E-state index contributed by atoms with van der Waals surface area (Å²) >= 11 is 0. The summed E-state index contributed by atoms with van der Waals surface area (Å²) in [6.07, 6.45) is 2.16. The summed E-state index contributed by atoms with van der Waals surface area (Å²) in [5.41, 5.74) is 7.30. The first-order chi connectivity index (χ1) is 7.22. The van der Waals surface area contributed by atoms with Gasteiger partial charge in [0.05, 0.1) is 24.0 Å². The van der Waals surface area contributed by atoms with Crippen LogP contribution >= 0.6 is 0 Å². The second kappa shape index (κ2) is 4.06. The van der Waals surface area contributed by atoms with Crippen molar-refractivity contribution in [2.75, 3.05) is 23.8 Å². The third-order valence-corrected chi connectivity index (χ3v) is 2.99. The molecule has 1 aromatic rings. The molecule has 1 saturated heterocycles. The molecule has 1 atom stereocenters. The minimum absolute atomic E-state index is 0.200. The number of nitrogens with two attached hydrogens (primary N) is 1. The summed E-state index contributed by atoms with van der Waals surface area (Å²) < 4.78 is 0. The Balaban J connectivity index is 2.25. The lowest BCUT2D eigenvalue weighted by atomic mass is 10.2. The number of aliphatic hydroxyl groups excluding tert-OH is 1. The Morgan fingerprint density at radius 1 is 1.60 bits per heavy atom. The molecular weight excluding hydrogens is 190 g/mol. The lowest BCUT2D eigenvalue weighted by molar-refractivity contribution is 0.266. The predicted molar refractivity (Wildman–Crippen MR) is 60.8 cm³/mol. The maximum absolute atomic E-state index is 9.23. The van der Waals surface area contributed by atoms with Crippen LogP contribution in [0.2, 0.25) is 0 Å². The first-order valence-electron chi connectivity index (χ1n) is 5.33. The Morgan fingerprint density at radius 2 is 2.40 bits per heavy atom. The van der Waals surface area contributed by atoms with Crippen molar-refractivity contribution < 1.29 is 5.11 Å². The van der Waals surface area contributed by atoms with Crippen molar-refractivity contribution in [3.63, 3.8) is 0 Å². The van der Waals surface area contributed by atoms with Gasteiger partial charge in [0, 0.05) is 6.54 Å². The Kier molecular flexibility index (Phi) is 2.77. The molecule has 0 saturated carbocycles. The topological polar surface area (TPSA) is 62.4 Å². The molecule has 4 nitrogen and oxygen atoms in total. The molecule has 15 heavy (non-hydrogen) atoms. The molecule has 82 valence electrons. The zero-order valence-corrected chi connectivity index (χ0v) is 8.98. The fourth-order valence-electron chi connectivity index (χ4n) is 2.05. The van der Waals surface area contributed by atoms with Crippen LogP contribution in [-0.2, 0) is 0 Å². The van der Waals surface area contributed by atoms with Crippen LogP contribution in [0.25, 0.3) is 0 Å². The van der Waals surface area contributed by atoms with Crippen LogP contribution in [-0.4, -0.2) is 29.3 Å². The molecule has 4 heteroatoms. The molecule has 0 spiro atoms. The maximum atomic E-state index is 9.23. The summed E-state index contributed by atoms with van der Waals surface area (Å²) in [4.78, 5) is 6.60. The standard InChI is InChI=1S/C11H17N3O/c1-8-10(12)4-5-11(13-8)14-6-2-3-9(14)7-15/h4-5,9,15H,2-3,6-7,12H2,1H3. The van der Waals surface area contributed by atoms with E-state index in [4.69, 9.17) is 5.73 Å². The van der Waals surface area contributed by atoms with Crippen molar-refractivity contribution in [2.45, 2.75) is 25.8 Å². The number of aliphatic hydroxyl groups is 1. The smallest absolute Gasteiger partial charge is 0.129 e. The van der Waals surface area contributed by atoms with Crippen LogP contribution in [0.4, 0.5) is 11.5 Å². The third-order valence-electron chi connectivity index (χ3n) is 2.99. The highest BCUT2D eigenvalue weighted by Crippen LogP contribution is 2.24. The van der Waals surface area contributed by atoms with Crippen LogP contribution in [0, 0.1) is 6.92 Å². The molecule has 1 unspecified atom stereocenters. The number of nitrogens with zero attached hydrogens (tertiary/aromatic N) is 2. The molecule has 1 fully saturated rings. The van der Waals surface area contributed by atoms with Crippen molar-refractivity contribution in [1.29, 1.82) is 0 Å². The van der Waals surface area contributed by atoms with E-state index in [1.807, 2.05) is 19.1 Å². The molecule has 0 aliphatic carbocycles. The number of rotatable bonds is 2. The van der Waals surface area contributed by atoms with E-state index >= 15 is 0 Å². The van der Waals surface area contributed by atoms with Crippen molar-refractivity contribution in [3.8, 4) is 0 Å². The van der Waals surface area contributed by atoms with Crippen LogP contribution in [0.1, 0.15) is 18.5 Å². The zero-order valence-electron chi connectivity index (χ0n) is 8.98. The van der Waals surface area contributed by atoms with Crippen molar-refractivity contribution in [3.05, 3.63) is 17.8 Å². The maximum Gasteiger partial charge on any atom is 0.129 e. The SMILES string of the molecule is Cc1nc(N2CCCC2CO)ccc1N. The van der Waals surface area contributed by atoms with Gasteiger partial charge in [-0.3, -0.25) is 0 Å². The third kappa shape index (κ3) is 1.90. The van der Waals surface area contributed by atoms with Gasteiger partial charge in [-0.05, 0) is 31.9 Å².